The Labute approximate surface area is 136 Å². The molecule has 0 aliphatic heterocycles. The summed E-state index contributed by atoms with van der Waals surface area (Å²) in [6.45, 7) is 1.44. The van der Waals surface area contributed by atoms with Gasteiger partial charge in [0.25, 0.3) is 11.6 Å². The molecule has 1 aromatic carbocycles. The minimum atomic E-state index is -1.000. The summed E-state index contributed by atoms with van der Waals surface area (Å²) in [7, 11) is 0. The van der Waals surface area contributed by atoms with Gasteiger partial charge in [-0.15, -0.1) is 0 Å². The Bertz CT molecular complexity index is 714. The number of hydrogen-bond acceptors (Lipinski definition) is 6. The Morgan fingerprint density at radius 2 is 2.17 bits per heavy atom. The SMILES string of the molecule is C[C@H](OC(=O)Cc1ccsc1)C(=O)Nc1cccc([N+](=O)[O-])c1. The van der Waals surface area contributed by atoms with Crippen molar-refractivity contribution in [2.24, 2.45) is 0 Å². The molecule has 2 aromatic rings. The van der Waals surface area contributed by atoms with Crippen LogP contribution in [0.4, 0.5) is 11.4 Å². The first kappa shape index (κ1) is 16.6. The van der Waals surface area contributed by atoms with Gasteiger partial charge in [-0.3, -0.25) is 19.7 Å². The summed E-state index contributed by atoms with van der Waals surface area (Å²) in [4.78, 5) is 33.8. The number of amides is 1. The number of rotatable bonds is 6. The minimum Gasteiger partial charge on any atom is -0.452 e. The Hall–Kier alpha value is -2.74. The van der Waals surface area contributed by atoms with Crippen molar-refractivity contribution in [2.75, 3.05) is 5.32 Å². The van der Waals surface area contributed by atoms with Crippen LogP contribution in [0.25, 0.3) is 0 Å². The molecule has 0 saturated heterocycles. The highest BCUT2D eigenvalue weighted by molar-refractivity contribution is 7.07. The lowest BCUT2D eigenvalue weighted by molar-refractivity contribution is -0.384. The zero-order valence-corrected chi connectivity index (χ0v) is 13.0. The zero-order valence-electron chi connectivity index (χ0n) is 12.2. The van der Waals surface area contributed by atoms with Crippen molar-refractivity contribution < 1.29 is 19.2 Å². The van der Waals surface area contributed by atoms with Gasteiger partial charge in [-0.05, 0) is 35.4 Å². The smallest absolute Gasteiger partial charge is 0.311 e. The third-order valence-electron chi connectivity index (χ3n) is 2.93. The maximum atomic E-state index is 12.0. The van der Waals surface area contributed by atoms with Crippen molar-refractivity contribution in [3.63, 3.8) is 0 Å². The molecule has 1 aromatic heterocycles. The lowest BCUT2D eigenvalue weighted by Gasteiger charge is -2.13. The Morgan fingerprint density at radius 3 is 2.83 bits per heavy atom. The van der Waals surface area contributed by atoms with Crippen LogP contribution in [0, 0.1) is 10.1 Å². The van der Waals surface area contributed by atoms with Gasteiger partial charge in [0.1, 0.15) is 0 Å². The normalized spacial score (nSPS) is 11.5. The van der Waals surface area contributed by atoms with E-state index in [0.29, 0.717) is 0 Å². The van der Waals surface area contributed by atoms with E-state index in [9.17, 15) is 19.7 Å². The van der Waals surface area contributed by atoms with E-state index in [-0.39, 0.29) is 17.8 Å². The number of non-ortho nitro benzene ring substituents is 1. The van der Waals surface area contributed by atoms with Crippen LogP contribution in [0.3, 0.4) is 0 Å². The molecule has 2 rings (SSSR count). The van der Waals surface area contributed by atoms with Crippen molar-refractivity contribution >= 4 is 34.6 Å². The van der Waals surface area contributed by atoms with Gasteiger partial charge in [0, 0.05) is 17.8 Å². The zero-order chi connectivity index (χ0) is 16.8. The summed E-state index contributed by atoms with van der Waals surface area (Å²) in [5.74, 6) is -1.06. The monoisotopic (exact) mass is 334 g/mol. The van der Waals surface area contributed by atoms with E-state index < -0.39 is 22.9 Å². The van der Waals surface area contributed by atoms with E-state index in [1.54, 1.807) is 6.07 Å². The fraction of sp³-hybridized carbons (Fsp3) is 0.200. The van der Waals surface area contributed by atoms with Gasteiger partial charge < -0.3 is 10.1 Å². The van der Waals surface area contributed by atoms with Gasteiger partial charge in [0.05, 0.1) is 11.3 Å². The number of esters is 1. The predicted molar refractivity (Wildman–Crippen MR) is 85.3 cm³/mol. The molecule has 0 bridgehead atoms. The number of thiophene rings is 1. The highest BCUT2D eigenvalue weighted by Crippen LogP contribution is 2.17. The molecule has 120 valence electrons. The van der Waals surface area contributed by atoms with Crippen molar-refractivity contribution in [3.05, 3.63) is 56.8 Å². The number of carbonyl (C=O) groups is 2. The number of ether oxygens (including phenoxy) is 1. The first-order valence-electron chi connectivity index (χ1n) is 6.71. The second-order valence-electron chi connectivity index (χ2n) is 4.74. The fourth-order valence-electron chi connectivity index (χ4n) is 1.79. The highest BCUT2D eigenvalue weighted by atomic mass is 32.1. The third-order valence-corrected chi connectivity index (χ3v) is 3.66. The minimum absolute atomic E-state index is 0.0952. The van der Waals surface area contributed by atoms with Crippen LogP contribution in [0.5, 0.6) is 0 Å². The molecule has 0 unspecified atom stereocenters. The van der Waals surface area contributed by atoms with E-state index in [1.165, 1.54) is 42.5 Å². The number of nitrogens with one attached hydrogen (secondary N) is 1. The number of benzene rings is 1. The van der Waals surface area contributed by atoms with E-state index >= 15 is 0 Å². The topological polar surface area (TPSA) is 98.5 Å². The van der Waals surface area contributed by atoms with Gasteiger partial charge in [0.15, 0.2) is 6.10 Å². The first-order valence-corrected chi connectivity index (χ1v) is 7.66. The Balaban J connectivity index is 1.90. The average Bonchev–Trinajstić information content (AvgIpc) is 3.00. The number of nitro groups is 1. The molecule has 0 aliphatic rings. The molecule has 1 heterocycles. The van der Waals surface area contributed by atoms with E-state index in [4.69, 9.17) is 4.74 Å². The molecule has 23 heavy (non-hydrogen) atoms. The second kappa shape index (κ2) is 7.50. The molecule has 1 amide bonds. The highest BCUT2D eigenvalue weighted by Gasteiger charge is 2.19. The van der Waals surface area contributed by atoms with Crippen LogP contribution >= 0.6 is 11.3 Å². The lowest BCUT2D eigenvalue weighted by Crippen LogP contribution is -2.30. The lowest BCUT2D eigenvalue weighted by atomic mass is 10.2. The van der Waals surface area contributed by atoms with Crippen LogP contribution < -0.4 is 5.32 Å². The van der Waals surface area contributed by atoms with Gasteiger partial charge in [0.2, 0.25) is 0 Å². The molecular weight excluding hydrogens is 320 g/mol. The maximum Gasteiger partial charge on any atom is 0.311 e. The van der Waals surface area contributed by atoms with Crippen molar-refractivity contribution in [1.29, 1.82) is 0 Å². The molecule has 7 nitrogen and oxygen atoms in total. The predicted octanol–water partition coefficient (Wildman–Crippen LogP) is 2.77. The van der Waals surface area contributed by atoms with Crippen molar-refractivity contribution in [3.8, 4) is 0 Å². The van der Waals surface area contributed by atoms with Gasteiger partial charge in [-0.25, -0.2) is 0 Å². The van der Waals surface area contributed by atoms with Crippen molar-refractivity contribution in [1.82, 2.24) is 0 Å². The van der Waals surface area contributed by atoms with Crippen LogP contribution in [0.15, 0.2) is 41.1 Å². The first-order chi connectivity index (χ1) is 11.0. The number of anilines is 1. The summed E-state index contributed by atoms with van der Waals surface area (Å²) >= 11 is 1.47. The molecule has 0 saturated carbocycles. The number of nitro benzene ring substituents is 1. The van der Waals surface area contributed by atoms with Crippen LogP contribution in [0.1, 0.15) is 12.5 Å². The van der Waals surface area contributed by atoms with E-state index in [2.05, 4.69) is 5.32 Å². The van der Waals surface area contributed by atoms with E-state index in [1.807, 2.05) is 10.8 Å². The molecule has 1 atom stereocenters. The summed E-state index contributed by atoms with van der Waals surface area (Å²) in [5.41, 5.74) is 0.959. The number of hydrogen-bond donors (Lipinski definition) is 1. The number of nitrogens with zero attached hydrogens (tertiary/aromatic N) is 1. The third kappa shape index (κ3) is 4.89. The van der Waals surface area contributed by atoms with Gasteiger partial charge in [-0.2, -0.15) is 11.3 Å². The molecule has 0 radical (unpaired) electrons. The summed E-state index contributed by atoms with van der Waals surface area (Å²) in [6, 6.07) is 7.34. The Morgan fingerprint density at radius 1 is 1.39 bits per heavy atom. The fourth-order valence-corrected chi connectivity index (χ4v) is 2.46. The largest absolute Gasteiger partial charge is 0.452 e. The molecule has 1 N–H and O–H groups in total. The van der Waals surface area contributed by atoms with E-state index in [0.717, 1.165) is 5.56 Å². The van der Waals surface area contributed by atoms with Gasteiger partial charge >= 0.3 is 5.97 Å². The Kier molecular flexibility index (Phi) is 5.42. The quantitative estimate of drug-likeness (QED) is 0.497. The van der Waals surface area contributed by atoms with Crippen LogP contribution in [-0.2, 0) is 20.7 Å². The second-order valence-corrected chi connectivity index (χ2v) is 5.52. The summed E-state index contributed by atoms with van der Waals surface area (Å²) in [6.07, 6.45) is -0.904. The summed E-state index contributed by atoms with van der Waals surface area (Å²) < 4.78 is 5.06. The molecule has 0 fully saturated rings. The summed E-state index contributed by atoms with van der Waals surface area (Å²) in [5, 5.41) is 16.9. The standard InChI is InChI=1S/C15H14N2O5S/c1-10(22-14(18)7-11-5-6-23-9-11)15(19)16-12-3-2-4-13(8-12)17(20)21/h2-6,8-10H,7H2,1H3,(H,16,19)/t10-/m0/s1. The number of carbonyl (C=O) groups excluding carboxylic acids is 2. The molecular formula is C15H14N2O5S. The van der Waals surface area contributed by atoms with Crippen LogP contribution in [0.2, 0.25) is 0 Å². The molecule has 0 spiro atoms. The van der Waals surface area contributed by atoms with Crippen LogP contribution in [-0.4, -0.2) is 22.9 Å². The molecule has 8 heteroatoms. The van der Waals surface area contributed by atoms with Crippen molar-refractivity contribution in [2.45, 2.75) is 19.4 Å². The maximum absolute atomic E-state index is 12.0. The average molecular weight is 334 g/mol. The van der Waals surface area contributed by atoms with Gasteiger partial charge in [-0.1, -0.05) is 6.07 Å². The molecule has 0 aliphatic carbocycles.